The SMILES string of the molecule is CC1OC(OC2C(OC3COC(OC4CCC5(C)C(CCC6(C)C5CC=C5C7CC(C)(C)CCC7(C(=O)O)CCC56C)C4(C)C)C(O)C3O)OC(CO)C(O)C2O)C(O)C(O)C1O. The molecule has 3 aliphatic heterocycles. The number of aliphatic hydroxyl groups excluding tert-OH is 8. The summed E-state index contributed by atoms with van der Waals surface area (Å²) in [5.41, 5.74) is 0.321. The molecule has 0 spiro atoms. The van der Waals surface area contributed by atoms with Gasteiger partial charge in [0.05, 0.1) is 30.8 Å². The van der Waals surface area contributed by atoms with Crippen LogP contribution in [0.2, 0.25) is 0 Å². The van der Waals surface area contributed by atoms with Crippen molar-refractivity contribution in [3.63, 3.8) is 0 Å². The smallest absolute Gasteiger partial charge is 0.310 e. The van der Waals surface area contributed by atoms with E-state index in [1.165, 1.54) is 12.5 Å². The molecule has 63 heavy (non-hydrogen) atoms. The lowest BCUT2D eigenvalue weighted by molar-refractivity contribution is -0.382. The molecule has 7 fully saturated rings. The van der Waals surface area contributed by atoms with Gasteiger partial charge >= 0.3 is 5.97 Å². The van der Waals surface area contributed by atoms with Gasteiger partial charge < -0.3 is 74.4 Å². The molecule has 16 heteroatoms. The van der Waals surface area contributed by atoms with Gasteiger partial charge in [0.2, 0.25) is 0 Å². The summed E-state index contributed by atoms with van der Waals surface area (Å²) >= 11 is 0. The third kappa shape index (κ3) is 7.51. The zero-order chi connectivity index (χ0) is 46.0. The Morgan fingerprint density at radius 1 is 0.714 bits per heavy atom. The maximum atomic E-state index is 13.1. The Morgan fingerprint density at radius 3 is 2.08 bits per heavy atom. The quantitative estimate of drug-likeness (QED) is 0.125. The second kappa shape index (κ2) is 16.7. The van der Waals surface area contributed by atoms with Gasteiger partial charge in [-0.3, -0.25) is 4.79 Å². The van der Waals surface area contributed by atoms with Gasteiger partial charge in [0.15, 0.2) is 18.9 Å². The van der Waals surface area contributed by atoms with Crippen LogP contribution in [0.4, 0.5) is 0 Å². The molecule has 4 saturated carbocycles. The van der Waals surface area contributed by atoms with Gasteiger partial charge in [-0.25, -0.2) is 0 Å². The second-order valence-electron chi connectivity index (χ2n) is 23.0. The van der Waals surface area contributed by atoms with Crippen molar-refractivity contribution in [1.82, 2.24) is 0 Å². The molecule has 22 atom stereocenters. The van der Waals surface area contributed by atoms with Crippen LogP contribution in [0.25, 0.3) is 0 Å². The molecular formula is C47H76O16. The maximum absolute atomic E-state index is 13.1. The fourth-order valence-electron chi connectivity index (χ4n) is 14.8. The molecule has 8 rings (SSSR count). The van der Waals surface area contributed by atoms with Gasteiger partial charge in [-0.05, 0) is 116 Å². The highest BCUT2D eigenvalue weighted by molar-refractivity contribution is 5.76. The van der Waals surface area contributed by atoms with E-state index in [-0.39, 0.29) is 51.6 Å². The van der Waals surface area contributed by atoms with Crippen LogP contribution < -0.4 is 0 Å². The van der Waals surface area contributed by atoms with Crippen molar-refractivity contribution in [1.29, 1.82) is 0 Å². The van der Waals surface area contributed by atoms with Gasteiger partial charge in [-0.2, -0.15) is 0 Å². The summed E-state index contributed by atoms with van der Waals surface area (Å²) < 4.78 is 35.9. The number of hydrogen-bond acceptors (Lipinski definition) is 15. The highest BCUT2D eigenvalue weighted by atomic mass is 16.8. The lowest BCUT2D eigenvalue weighted by Gasteiger charge is -2.71. The van der Waals surface area contributed by atoms with Crippen LogP contribution in [-0.2, 0) is 33.2 Å². The normalized spacial score (nSPS) is 54.1. The van der Waals surface area contributed by atoms with Crippen molar-refractivity contribution in [2.75, 3.05) is 13.2 Å². The van der Waals surface area contributed by atoms with Crippen LogP contribution in [0.5, 0.6) is 0 Å². The van der Waals surface area contributed by atoms with Crippen molar-refractivity contribution in [2.45, 2.75) is 212 Å². The highest BCUT2D eigenvalue weighted by Crippen LogP contribution is 2.76. The number of allylic oxidation sites excluding steroid dienone is 2. The molecule has 0 aromatic carbocycles. The Kier molecular flexibility index (Phi) is 12.8. The summed E-state index contributed by atoms with van der Waals surface area (Å²) in [5, 5.41) is 96.5. The van der Waals surface area contributed by atoms with E-state index in [9.17, 15) is 50.8 Å². The Balaban J connectivity index is 0.952. The Bertz CT molecular complexity index is 1720. The van der Waals surface area contributed by atoms with Crippen molar-refractivity contribution < 1.29 is 79.2 Å². The van der Waals surface area contributed by atoms with Gasteiger partial charge in [0.25, 0.3) is 0 Å². The number of aliphatic hydroxyl groups is 8. The molecule has 3 saturated heterocycles. The number of hydrogen-bond donors (Lipinski definition) is 9. The van der Waals surface area contributed by atoms with E-state index in [0.717, 1.165) is 51.4 Å². The molecule has 360 valence electrons. The van der Waals surface area contributed by atoms with Crippen LogP contribution in [-0.4, -0.2) is 157 Å². The van der Waals surface area contributed by atoms with Gasteiger partial charge in [0.1, 0.15) is 61.0 Å². The lowest BCUT2D eigenvalue weighted by Crippen LogP contribution is -2.66. The van der Waals surface area contributed by atoms with E-state index in [2.05, 4.69) is 54.5 Å². The van der Waals surface area contributed by atoms with E-state index in [1.54, 1.807) is 0 Å². The number of carboxylic acids is 1. The summed E-state index contributed by atoms with van der Waals surface area (Å²) in [6, 6.07) is 0. The molecule has 9 N–H and O–H groups in total. The average Bonchev–Trinajstić information content (AvgIpc) is 3.22. The molecule has 0 aromatic heterocycles. The second-order valence-corrected chi connectivity index (χ2v) is 23.0. The molecule has 0 aromatic rings. The summed E-state index contributed by atoms with van der Waals surface area (Å²) in [6.45, 7) is 16.9. The van der Waals surface area contributed by atoms with Gasteiger partial charge in [-0.15, -0.1) is 0 Å². The minimum absolute atomic E-state index is 0.0109. The minimum atomic E-state index is -1.76. The van der Waals surface area contributed by atoms with E-state index in [4.69, 9.17) is 28.4 Å². The molecule has 5 aliphatic carbocycles. The average molecular weight is 897 g/mol. The molecule has 0 amide bonds. The summed E-state index contributed by atoms with van der Waals surface area (Å²) in [6.07, 6.45) is -10.0. The van der Waals surface area contributed by atoms with Crippen LogP contribution in [0.1, 0.15) is 120 Å². The summed E-state index contributed by atoms with van der Waals surface area (Å²) in [5.74, 6) is 0.0795. The molecule has 22 unspecified atom stereocenters. The minimum Gasteiger partial charge on any atom is -0.481 e. The monoisotopic (exact) mass is 897 g/mol. The number of fused-ring (bicyclic) bond motifs is 7. The lowest BCUT2D eigenvalue weighted by atomic mass is 9.33. The van der Waals surface area contributed by atoms with Crippen LogP contribution >= 0.6 is 0 Å². The summed E-state index contributed by atoms with van der Waals surface area (Å²) in [7, 11) is 0. The topological polar surface area (TPSA) is 255 Å². The number of carboxylic acid groups (broad SMARTS) is 1. The Morgan fingerprint density at radius 2 is 1.40 bits per heavy atom. The number of aliphatic carboxylic acids is 1. The van der Waals surface area contributed by atoms with E-state index >= 15 is 0 Å². The molecule has 0 radical (unpaired) electrons. The van der Waals surface area contributed by atoms with Gasteiger partial charge in [-0.1, -0.05) is 60.1 Å². The standard InChI is InChI=1S/C47H76O16/c1-22-30(49)33(52)36(55)39(59-22)63-37-34(53)31(50)25(20-48)60-40(37)61-26-21-58-38(35(54)32(26)51)62-29-12-13-44(6)27(43(29,4)5)11-14-46(8)28(44)10-9-23-24-19-42(2,3)15-17-47(24,41(56)57)18-16-45(23,46)7/h9,22,24-40,48-55H,10-21H2,1-8H3,(H,56,57). The number of rotatable bonds is 8. The molecule has 0 bridgehead atoms. The first-order chi connectivity index (χ1) is 29.4. The van der Waals surface area contributed by atoms with E-state index in [1.807, 2.05) is 0 Å². The predicted molar refractivity (Wildman–Crippen MR) is 223 cm³/mol. The third-order valence-corrected chi connectivity index (χ3v) is 19.0. The maximum Gasteiger partial charge on any atom is 0.310 e. The fraction of sp³-hybridized carbons (Fsp3) is 0.936. The Labute approximate surface area is 371 Å². The largest absolute Gasteiger partial charge is 0.481 e. The highest BCUT2D eigenvalue weighted by Gasteiger charge is 2.69. The van der Waals surface area contributed by atoms with Crippen molar-refractivity contribution in [3.8, 4) is 0 Å². The summed E-state index contributed by atoms with van der Waals surface area (Å²) in [4.78, 5) is 13.1. The number of ether oxygens (including phenoxy) is 6. The molecule has 3 heterocycles. The molecule has 16 nitrogen and oxygen atoms in total. The van der Waals surface area contributed by atoms with E-state index in [0.29, 0.717) is 18.8 Å². The Hall–Kier alpha value is -1.35. The van der Waals surface area contributed by atoms with Crippen molar-refractivity contribution in [2.24, 2.45) is 50.2 Å². The third-order valence-electron chi connectivity index (χ3n) is 19.0. The molecular weight excluding hydrogens is 821 g/mol. The first-order valence-electron chi connectivity index (χ1n) is 23.6. The molecule has 8 aliphatic rings. The van der Waals surface area contributed by atoms with Crippen molar-refractivity contribution >= 4 is 5.97 Å². The van der Waals surface area contributed by atoms with Crippen LogP contribution in [0.15, 0.2) is 11.6 Å². The van der Waals surface area contributed by atoms with Crippen molar-refractivity contribution in [3.05, 3.63) is 11.6 Å². The van der Waals surface area contributed by atoms with Crippen LogP contribution in [0, 0.1) is 50.2 Å². The first-order valence-corrected chi connectivity index (χ1v) is 23.6. The van der Waals surface area contributed by atoms with Crippen LogP contribution in [0.3, 0.4) is 0 Å². The zero-order valence-electron chi connectivity index (χ0n) is 38.3. The fourth-order valence-corrected chi connectivity index (χ4v) is 14.8. The zero-order valence-corrected chi connectivity index (χ0v) is 38.3. The van der Waals surface area contributed by atoms with Gasteiger partial charge in [0, 0.05) is 0 Å². The number of carbonyl (C=O) groups is 1. The predicted octanol–water partition coefficient (Wildman–Crippen LogP) is 2.37. The van der Waals surface area contributed by atoms with E-state index < -0.39 is 104 Å². The first kappa shape index (κ1) is 48.1.